The van der Waals surface area contributed by atoms with Crippen LogP contribution in [0.3, 0.4) is 0 Å². The lowest BCUT2D eigenvalue weighted by molar-refractivity contribution is -0.123. The predicted octanol–water partition coefficient (Wildman–Crippen LogP) is 3.31. The number of esters is 1. The fourth-order valence-electron chi connectivity index (χ4n) is 3.37. The Labute approximate surface area is 188 Å². The van der Waals surface area contributed by atoms with Gasteiger partial charge in [-0.15, -0.1) is 0 Å². The van der Waals surface area contributed by atoms with E-state index in [9.17, 15) is 18.0 Å². The second-order valence-corrected chi connectivity index (χ2v) is 10.3. The third-order valence-electron chi connectivity index (χ3n) is 5.66. The van der Waals surface area contributed by atoms with Crippen molar-refractivity contribution >= 4 is 27.6 Å². The van der Waals surface area contributed by atoms with Crippen molar-refractivity contribution < 1.29 is 27.5 Å². The molecule has 0 fully saturated rings. The van der Waals surface area contributed by atoms with E-state index in [0.29, 0.717) is 17.0 Å². The van der Waals surface area contributed by atoms with Crippen molar-refractivity contribution in [3.05, 3.63) is 53.1 Å². The summed E-state index contributed by atoms with van der Waals surface area (Å²) in [4.78, 5) is 25.5. The van der Waals surface area contributed by atoms with Crippen molar-refractivity contribution in [1.82, 2.24) is 4.31 Å². The second-order valence-electron chi connectivity index (χ2n) is 8.14. The molecule has 2 aromatic rings. The highest BCUT2D eigenvalue weighted by atomic mass is 32.2. The molecule has 3 rings (SSSR count). The molecule has 172 valence electrons. The van der Waals surface area contributed by atoms with Gasteiger partial charge in [-0.2, -0.15) is 0 Å². The normalized spacial score (nSPS) is 18.6. The number of sulfonamides is 1. The van der Waals surface area contributed by atoms with Crippen LogP contribution in [0.4, 0.5) is 5.69 Å². The summed E-state index contributed by atoms with van der Waals surface area (Å²) in [5.41, 5.74) is 2.20. The van der Waals surface area contributed by atoms with Gasteiger partial charge in [0.2, 0.25) is 10.0 Å². The summed E-state index contributed by atoms with van der Waals surface area (Å²) >= 11 is 0. The fourth-order valence-corrected chi connectivity index (χ4v) is 4.29. The first-order valence-corrected chi connectivity index (χ1v) is 11.7. The minimum absolute atomic E-state index is 0.0493. The van der Waals surface area contributed by atoms with E-state index in [0.717, 1.165) is 9.87 Å². The van der Waals surface area contributed by atoms with E-state index in [1.165, 1.54) is 33.2 Å². The van der Waals surface area contributed by atoms with Crippen LogP contribution in [0, 0.1) is 6.92 Å². The van der Waals surface area contributed by atoms with Crippen LogP contribution >= 0.6 is 0 Å². The molecule has 1 heterocycles. The monoisotopic (exact) mass is 460 g/mol. The molecule has 0 bridgehead atoms. The van der Waals surface area contributed by atoms with Crippen LogP contribution in [0.2, 0.25) is 0 Å². The maximum Gasteiger partial charge on any atom is 0.342 e. The minimum Gasteiger partial charge on any atom is -0.489 e. The average molecular weight is 461 g/mol. The number of hydrogen-bond acceptors (Lipinski definition) is 6. The first-order valence-electron chi connectivity index (χ1n) is 10.3. The lowest BCUT2D eigenvalue weighted by atomic mass is 9.97. The van der Waals surface area contributed by atoms with Gasteiger partial charge >= 0.3 is 5.97 Å². The number of para-hydroxylation sites is 1. The van der Waals surface area contributed by atoms with Crippen molar-refractivity contribution in [2.45, 2.75) is 50.7 Å². The van der Waals surface area contributed by atoms with Crippen LogP contribution < -0.4 is 10.1 Å². The molecular formula is C23H28N2O6S. The van der Waals surface area contributed by atoms with Crippen LogP contribution in [-0.4, -0.2) is 50.9 Å². The lowest BCUT2D eigenvalue weighted by Crippen LogP contribution is -2.30. The van der Waals surface area contributed by atoms with Crippen LogP contribution in [0.15, 0.2) is 41.3 Å². The number of fused-ring (bicyclic) bond motifs is 1. The van der Waals surface area contributed by atoms with Gasteiger partial charge in [0.15, 0.2) is 6.10 Å². The van der Waals surface area contributed by atoms with E-state index in [4.69, 9.17) is 9.47 Å². The summed E-state index contributed by atoms with van der Waals surface area (Å²) in [6.07, 6.45) is -1.17. The number of nitrogens with zero attached hydrogens (tertiary/aromatic N) is 1. The summed E-state index contributed by atoms with van der Waals surface area (Å²) in [5, 5.41) is 2.65. The lowest BCUT2D eigenvalue weighted by Gasteiger charge is -2.17. The first kappa shape index (κ1) is 23.7. The Kier molecular flexibility index (Phi) is 6.61. The Hall–Kier alpha value is -2.91. The van der Waals surface area contributed by atoms with Gasteiger partial charge in [-0.1, -0.05) is 25.1 Å². The average Bonchev–Trinajstić information content (AvgIpc) is 3.03. The molecule has 9 heteroatoms. The number of rotatable bonds is 6. The Morgan fingerprint density at radius 1 is 1.16 bits per heavy atom. The number of aryl methyl sites for hydroxylation is 1. The largest absolute Gasteiger partial charge is 0.489 e. The van der Waals surface area contributed by atoms with Gasteiger partial charge in [0.1, 0.15) is 17.4 Å². The first-order chi connectivity index (χ1) is 14.9. The molecule has 32 heavy (non-hydrogen) atoms. The fraction of sp³-hybridized carbons (Fsp3) is 0.391. The molecule has 0 aliphatic carbocycles. The molecule has 3 atom stereocenters. The molecule has 2 aromatic carbocycles. The van der Waals surface area contributed by atoms with Gasteiger partial charge in [0, 0.05) is 31.3 Å². The molecule has 8 nitrogen and oxygen atoms in total. The third kappa shape index (κ3) is 4.49. The Bertz CT molecular complexity index is 1160. The zero-order valence-corrected chi connectivity index (χ0v) is 19.8. The number of carbonyl (C=O) groups is 2. The van der Waals surface area contributed by atoms with Crippen molar-refractivity contribution in [3.8, 4) is 5.75 Å². The van der Waals surface area contributed by atoms with E-state index in [2.05, 4.69) is 5.32 Å². The van der Waals surface area contributed by atoms with E-state index >= 15 is 0 Å². The van der Waals surface area contributed by atoms with Gasteiger partial charge in [-0.25, -0.2) is 17.5 Å². The van der Waals surface area contributed by atoms with Crippen LogP contribution in [0.25, 0.3) is 0 Å². The van der Waals surface area contributed by atoms with E-state index in [-0.39, 0.29) is 22.5 Å². The quantitative estimate of drug-likeness (QED) is 0.664. The second kappa shape index (κ2) is 8.91. The summed E-state index contributed by atoms with van der Waals surface area (Å²) in [7, 11) is -0.797. The predicted molar refractivity (Wildman–Crippen MR) is 121 cm³/mol. The maximum absolute atomic E-state index is 12.7. The molecule has 1 aliphatic rings. The van der Waals surface area contributed by atoms with Crippen molar-refractivity contribution in [1.29, 1.82) is 0 Å². The molecule has 1 aliphatic heterocycles. The molecule has 0 spiro atoms. The number of carbonyl (C=O) groups excluding carboxylic acids is 2. The van der Waals surface area contributed by atoms with Crippen LogP contribution in [0.1, 0.15) is 48.2 Å². The minimum atomic E-state index is -3.66. The SMILES string of the molecule is Cc1ccc(S(=O)(=O)N(C)C)cc1NC(=O)[C@H](C)OC(=O)c1cccc2c1O[C@@H](C)[C@H]2C. The van der Waals surface area contributed by atoms with Crippen LogP contribution in [0.5, 0.6) is 5.75 Å². The van der Waals surface area contributed by atoms with E-state index < -0.39 is 28.0 Å². The molecule has 0 saturated heterocycles. The molecule has 1 N–H and O–H groups in total. The summed E-state index contributed by atoms with van der Waals surface area (Å²) in [6, 6.07) is 9.75. The van der Waals surface area contributed by atoms with Crippen molar-refractivity contribution in [2.75, 3.05) is 19.4 Å². The summed E-state index contributed by atoms with van der Waals surface area (Å²) in [6.45, 7) is 7.15. The molecule has 1 amide bonds. The summed E-state index contributed by atoms with van der Waals surface area (Å²) < 4.78 is 37.1. The summed E-state index contributed by atoms with van der Waals surface area (Å²) in [5.74, 6) is -0.600. The molecule has 0 saturated carbocycles. The molecular weight excluding hydrogens is 432 g/mol. The van der Waals surface area contributed by atoms with Gasteiger partial charge in [-0.3, -0.25) is 4.79 Å². The molecule has 0 aromatic heterocycles. The zero-order valence-electron chi connectivity index (χ0n) is 19.0. The molecule has 0 unspecified atom stereocenters. The number of hydrogen-bond donors (Lipinski definition) is 1. The highest BCUT2D eigenvalue weighted by Crippen LogP contribution is 2.40. The van der Waals surface area contributed by atoms with Gasteiger partial charge in [0.05, 0.1) is 4.90 Å². The van der Waals surface area contributed by atoms with Gasteiger partial charge in [0.25, 0.3) is 5.91 Å². The number of anilines is 1. The highest BCUT2D eigenvalue weighted by Gasteiger charge is 2.32. The van der Waals surface area contributed by atoms with E-state index in [1.807, 2.05) is 19.9 Å². The highest BCUT2D eigenvalue weighted by molar-refractivity contribution is 7.89. The Morgan fingerprint density at radius 3 is 2.50 bits per heavy atom. The van der Waals surface area contributed by atoms with Gasteiger partial charge in [-0.05, 0) is 44.5 Å². The Morgan fingerprint density at radius 2 is 1.84 bits per heavy atom. The zero-order chi connectivity index (χ0) is 23.8. The maximum atomic E-state index is 12.7. The van der Waals surface area contributed by atoms with Crippen molar-refractivity contribution in [2.24, 2.45) is 0 Å². The van der Waals surface area contributed by atoms with Gasteiger partial charge < -0.3 is 14.8 Å². The number of benzene rings is 2. The van der Waals surface area contributed by atoms with E-state index in [1.54, 1.807) is 25.1 Å². The number of ether oxygens (including phenoxy) is 2. The molecule has 0 radical (unpaired) electrons. The topological polar surface area (TPSA) is 102 Å². The van der Waals surface area contributed by atoms with Crippen LogP contribution in [-0.2, 0) is 19.6 Å². The standard InChI is InChI=1S/C23H28N2O6S/c1-13-10-11-17(32(28,29)25(5)6)12-20(13)24-22(26)16(4)31-23(27)19-9-7-8-18-14(2)15(3)30-21(18)19/h7-12,14-16H,1-6H3,(H,24,26)/t14-,15+,16+/m1/s1. The number of nitrogens with one attached hydrogen (secondary N) is 1. The third-order valence-corrected chi connectivity index (χ3v) is 7.47. The Balaban J connectivity index is 1.75. The number of amides is 1. The smallest absolute Gasteiger partial charge is 0.342 e. The van der Waals surface area contributed by atoms with Crippen molar-refractivity contribution in [3.63, 3.8) is 0 Å².